The van der Waals surface area contributed by atoms with E-state index in [1.807, 2.05) is 18.2 Å². The van der Waals surface area contributed by atoms with Crippen LogP contribution in [0.15, 0.2) is 54.5 Å². The molecule has 0 saturated carbocycles. The van der Waals surface area contributed by atoms with Crippen LogP contribution in [0.5, 0.6) is 11.5 Å². The first kappa shape index (κ1) is 15.7. The lowest BCUT2D eigenvalue weighted by Gasteiger charge is -2.12. The highest BCUT2D eigenvalue weighted by Gasteiger charge is 2.05. The molecule has 0 spiro atoms. The summed E-state index contributed by atoms with van der Waals surface area (Å²) in [7, 11) is 3.24. The molecular weight excluding hydrogens is 254 g/mol. The van der Waals surface area contributed by atoms with E-state index >= 15 is 0 Å². The van der Waals surface area contributed by atoms with Gasteiger partial charge in [-0.05, 0) is 31.2 Å². The topological polar surface area (TPSA) is 50.7 Å². The quantitative estimate of drug-likeness (QED) is 0.592. The third kappa shape index (κ3) is 4.72. The fraction of sp³-hybridized carbons (Fsp3) is 0.250. The summed E-state index contributed by atoms with van der Waals surface area (Å²) >= 11 is 0. The van der Waals surface area contributed by atoms with Gasteiger partial charge in [-0.3, -0.25) is 0 Å². The van der Waals surface area contributed by atoms with E-state index in [0.29, 0.717) is 6.54 Å². The van der Waals surface area contributed by atoms with Crippen LogP contribution in [-0.2, 0) is 6.54 Å². The van der Waals surface area contributed by atoms with Gasteiger partial charge in [0.05, 0.1) is 20.0 Å². The van der Waals surface area contributed by atoms with Gasteiger partial charge in [-0.15, -0.1) is 0 Å². The number of aliphatic hydroxyl groups excluding tert-OH is 1. The van der Waals surface area contributed by atoms with Crippen LogP contribution in [0.3, 0.4) is 0 Å². The first-order valence-electron chi connectivity index (χ1n) is 6.25. The number of hydrogen-bond acceptors (Lipinski definition) is 4. The molecule has 2 N–H and O–H groups in total. The minimum Gasteiger partial charge on any atom is -0.513 e. The fourth-order valence-corrected chi connectivity index (χ4v) is 1.71. The molecule has 0 unspecified atom stereocenters. The molecular formula is C16H21NO3. The van der Waals surface area contributed by atoms with Crippen molar-refractivity contribution in [3.8, 4) is 11.5 Å². The lowest BCUT2D eigenvalue weighted by molar-refractivity contribution is 0.390. The number of allylic oxidation sites excluding steroid dienone is 4. The molecule has 0 bridgehead atoms. The zero-order valence-corrected chi connectivity index (χ0v) is 12.1. The van der Waals surface area contributed by atoms with Crippen molar-refractivity contribution in [1.82, 2.24) is 5.32 Å². The molecule has 4 nitrogen and oxygen atoms in total. The molecule has 0 radical (unpaired) electrons. The Hall–Kier alpha value is -2.36. The second kappa shape index (κ2) is 7.94. The average molecular weight is 275 g/mol. The predicted octanol–water partition coefficient (Wildman–Crippen LogP) is 3.33. The van der Waals surface area contributed by atoms with E-state index in [2.05, 4.69) is 11.9 Å². The van der Waals surface area contributed by atoms with Crippen molar-refractivity contribution in [1.29, 1.82) is 0 Å². The zero-order valence-electron chi connectivity index (χ0n) is 12.1. The van der Waals surface area contributed by atoms with Crippen molar-refractivity contribution in [3.63, 3.8) is 0 Å². The standard InChI is InChI=1S/C16H21NO3/c1-5-6-14(9-12(2)18)17-11-13-7-8-15(19-3)10-16(13)20-4/h5-10,17-18H,1,11H2,2-4H3/b12-9+,14-6+. The summed E-state index contributed by atoms with van der Waals surface area (Å²) in [4.78, 5) is 0. The minimum absolute atomic E-state index is 0.229. The van der Waals surface area contributed by atoms with Gasteiger partial charge in [0.2, 0.25) is 0 Å². The Morgan fingerprint density at radius 1 is 1.35 bits per heavy atom. The molecule has 108 valence electrons. The molecule has 0 aromatic heterocycles. The maximum atomic E-state index is 9.32. The van der Waals surface area contributed by atoms with Crippen LogP contribution in [0.1, 0.15) is 12.5 Å². The number of hydrogen-bond donors (Lipinski definition) is 2. The Kier molecular flexibility index (Phi) is 6.23. The molecule has 1 aromatic rings. The van der Waals surface area contributed by atoms with Crippen LogP contribution in [0.2, 0.25) is 0 Å². The summed E-state index contributed by atoms with van der Waals surface area (Å²) in [5.41, 5.74) is 1.77. The van der Waals surface area contributed by atoms with Crippen molar-refractivity contribution >= 4 is 0 Å². The fourth-order valence-electron chi connectivity index (χ4n) is 1.71. The molecule has 0 aliphatic rings. The molecule has 0 saturated heterocycles. The Morgan fingerprint density at radius 3 is 2.65 bits per heavy atom. The van der Waals surface area contributed by atoms with Gasteiger partial charge < -0.3 is 19.9 Å². The van der Waals surface area contributed by atoms with Crippen molar-refractivity contribution in [2.45, 2.75) is 13.5 Å². The maximum Gasteiger partial charge on any atom is 0.127 e. The Labute approximate surface area is 120 Å². The van der Waals surface area contributed by atoms with Crippen LogP contribution < -0.4 is 14.8 Å². The number of ether oxygens (including phenoxy) is 2. The normalized spacial score (nSPS) is 11.9. The molecule has 0 aliphatic heterocycles. The summed E-state index contributed by atoms with van der Waals surface area (Å²) < 4.78 is 10.5. The average Bonchev–Trinajstić information content (AvgIpc) is 2.44. The highest BCUT2D eigenvalue weighted by atomic mass is 16.5. The van der Waals surface area contributed by atoms with E-state index in [1.165, 1.54) is 0 Å². The van der Waals surface area contributed by atoms with E-state index < -0.39 is 0 Å². The SMILES string of the molecule is C=C/C=C(\C=C(/C)O)NCc1ccc(OC)cc1OC. The number of nitrogens with one attached hydrogen (secondary N) is 1. The van der Waals surface area contributed by atoms with Crippen molar-refractivity contribution in [3.05, 3.63) is 60.0 Å². The van der Waals surface area contributed by atoms with Gasteiger partial charge in [0, 0.05) is 23.9 Å². The lowest BCUT2D eigenvalue weighted by atomic mass is 10.2. The van der Waals surface area contributed by atoms with Gasteiger partial charge in [0.15, 0.2) is 0 Å². The minimum atomic E-state index is 0.229. The highest BCUT2D eigenvalue weighted by molar-refractivity contribution is 5.41. The highest BCUT2D eigenvalue weighted by Crippen LogP contribution is 2.24. The Bertz CT molecular complexity index is 514. The molecule has 0 fully saturated rings. The van der Waals surface area contributed by atoms with Gasteiger partial charge >= 0.3 is 0 Å². The van der Waals surface area contributed by atoms with Crippen LogP contribution >= 0.6 is 0 Å². The van der Waals surface area contributed by atoms with Crippen LogP contribution in [0.4, 0.5) is 0 Å². The molecule has 0 atom stereocenters. The summed E-state index contributed by atoms with van der Waals surface area (Å²) in [5.74, 6) is 1.73. The van der Waals surface area contributed by atoms with E-state index in [-0.39, 0.29) is 5.76 Å². The van der Waals surface area contributed by atoms with Crippen LogP contribution in [0.25, 0.3) is 0 Å². The maximum absolute atomic E-state index is 9.32. The van der Waals surface area contributed by atoms with Gasteiger partial charge in [0.25, 0.3) is 0 Å². The van der Waals surface area contributed by atoms with Gasteiger partial charge in [0.1, 0.15) is 11.5 Å². The second-order valence-corrected chi connectivity index (χ2v) is 4.17. The molecule has 20 heavy (non-hydrogen) atoms. The smallest absolute Gasteiger partial charge is 0.127 e. The largest absolute Gasteiger partial charge is 0.513 e. The molecule has 4 heteroatoms. The predicted molar refractivity (Wildman–Crippen MR) is 81.1 cm³/mol. The van der Waals surface area contributed by atoms with Gasteiger partial charge in [-0.1, -0.05) is 12.7 Å². The van der Waals surface area contributed by atoms with Crippen LogP contribution in [0, 0.1) is 0 Å². The molecule has 0 heterocycles. The summed E-state index contributed by atoms with van der Waals surface area (Å²) in [6, 6.07) is 5.65. The summed E-state index contributed by atoms with van der Waals surface area (Å²) in [6.07, 6.45) is 5.08. The zero-order chi connectivity index (χ0) is 15.0. The first-order chi connectivity index (χ1) is 9.60. The first-order valence-corrected chi connectivity index (χ1v) is 6.25. The van der Waals surface area contributed by atoms with E-state index in [4.69, 9.17) is 9.47 Å². The number of methoxy groups -OCH3 is 2. The molecule has 0 aliphatic carbocycles. The van der Waals surface area contributed by atoms with Crippen molar-refractivity contribution < 1.29 is 14.6 Å². The van der Waals surface area contributed by atoms with Crippen molar-refractivity contribution in [2.75, 3.05) is 14.2 Å². The summed E-state index contributed by atoms with van der Waals surface area (Å²) in [6.45, 7) is 5.83. The number of rotatable bonds is 7. The van der Waals surface area contributed by atoms with Crippen molar-refractivity contribution in [2.24, 2.45) is 0 Å². The lowest BCUT2D eigenvalue weighted by Crippen LogP contribution is -2.12. The molecule has 0 amide bonds. The number of benzene rings is 1. The van der Waals surface area contributed by atoms with Crippen LogP contribution in [-0.4, -0.2) is 19.3 Å². The van der Waals surface area contributed by atoms with E-state index in [0.717, 1.165) is 22.8 Å². The van der Waals surface area contributed by atoms with Gasteiger partial charge in [-0.2, -0.15) is 0 Å². The third-order valence-corrected chi connectivity index (χ3v) is 2.64. The number of aliphatic hydroxyl groups is 1. The third-order valence-electron chi connectivity index (χ3n) is 2.64. The second-order valence-electron chi connectivity index (χ2n) is 4.17. The molecule has 1 aromatic carbocycles. The Morgan fingerprint density at radius 2 is 2.10 bits per heavy atom. The monoisotopic (exact) mass is 275 g/mol. The summed E-state index contributed by atoms with van der Waals surface area (Å²) in [5, 5.41) is 12.5. The van der Waals surface area contributed by atoms with E-state index in [9.17, 15) is 5.11 Å². The Balaban J connectivity index is 2.85. The van der Waals surface area contributed by atoms with Gasteiger partial charge in [-0.25, -0.2) is 0 Å². The van der Waals surface area contributed by atoms with E-state index in [1.54, 1.807) is 39.4 Å². The molecule has 1 rings (SSSR count).